The second kappa shape index (κ2) is 5.75. The van der Waals surface area contributed by atoms with E-state index in [-0.39, 0.29) is 30.2 Å². The summed E-state index contributed by atoms with van der Waals surface area (Å²) < 4.78 is 0. The highest BCUT2D eigenvalue weighted by molar-refractivity contribution is 5.85. The minimum atomic E-state index is 0. The standard InChI is InChI=1S/C10H10N2O.2ClH/c11-6-7-5-10(13)8-3-1-2-4-9(8)12-7;;/h1-5H,6,11H2,(H,12,13);2*1H. The highest BCUT2D eigenvalue weighted by Crippen LogP contribution is 2.06. The molecule has 0 aliphatic rings. The van der Waals surface area contributed by atoms with Crippen molar-refractivity contribution >= 4 is 35.7 Å². The summed E-state index contributed by atoms with van der Waals surface area (Å²) in [4.78, 5) is 14.6. The lowest BCUT2D eigenvalue weighted by molar-refractivity contribution is 1.00. The van der Waals surface area contributed by atoms with E-state index in [2.05, 4.69) is 4.98 Å². The van der Waals surface area contributed by atoms with Gasteiger partial charge in [0, 0.05) is 29.2 Å². The third-order valence-electron chi connectivity index (χ3n) is 2.01. The molecular formula is C10H12Cl2N2O. The molecule has 3 N–H and O–H groups in total. The fourth-order valence-electron chi connectivity index (χ4n) is 1.36. The number of H-pyrrole nitrogens is 1. The minimum absolute atomic E-state index is 0. The first-order valence-electron chi connectivity index (χ1n) is 4.12. The van der Waals surface area contributed by atoms with Gasteiger partial charge >= 0.3 is 0 Å². The monoisotopic (exact) mass is 246 g/mol. The average Bonchev–Trinajstić information content (AvgIpc) is 2.18. The number of aromatic amines is 1. The lowest BCUT2D eigenvalue weighted by Crippen LogP contribution is -2.08. The lowest BCUT2D eigenvalue weighted by Gasteiger charge is -2.00. The molecule has 2 rings (SSSR count). The Bertz CT molecular complexity index is 496. The molecule has 0 atom stereocenters. The van der Waals surface area contributed by atoms with Crippen molar-refractivity contribution in [3.63, 3.8) is 0 Å². The Morgan fingerprint density at radius 1 is 1.20 bits per heavy atom. The van der Waals surface area contributed by atoms with Crippen molar-refractivity contribution in [3.05, 3.63) is 46.2 Å². The van der Waals surface area contributed by atoms with Gasteiger partial charge in [0.1, 0.15) is 0 Å². The van der Waals surface area contributed by atoms with Crippen LogP contribution in [0.15, 0.2) is 35.1 Å². The second-order valence-corrected chi connectivity index (χ2v) is 2.91. The first-order chi connectivity index (χ1) is 6.31. The van der Waals surface area contributed by atoms with E-state index in [9.17, 15) is 4.79 Å². The average molecular weight is 247 g/mol. The van der Waals surface area contributed by atoms with Crippen molar-refractivity contribution < 1.29 is 0 Å². The molecule has 0 bridgehead atoms. The van der Waals surface area contributed by atoms with Crippen LogP contribution in [0.3, 0.4) is 0 Å². The Kier molecular flexibility index (Phi) is 5.36. The molecule has 1 aromatic heterocycles. The first kappa shape index (κ1) is 14.0. The van der Waals surface area contributed by atoms with Gasteiger partial charge in [-0.15, -0.1) is 24.8 Å². The van der Waals surface area contributed by atoms with Crippen LogP contribution in [-0.4, -0.2) is 4.98 Å². The first-order valence-corrected chi connectivity index (χ1v) is 4.12. The van der Waals surface area contributed by atoms with E-state index in [1.54, 1.807) is 12.1 Å². The summed E-state index contributed by atoms with van der Waals surface area (Å²) in [5.74, 6) is 0. The van der Waals surface area contributed by atoms with Crippen LogP contribution < -0.4 is 11.2 Å². The summed E-state index contributed by atoms with van der Waals surface area (Å²) >= 11 is 0. The smallest absolute Gasteiger partial charge is 0.189 e. The molecule has 0 aliphatic heterocycles. The van der Waals surface area contributed by atoms with Gasteiger partial charge in [-0.1, -0.05) is 12.1 Å². The number of halogens is 2. The topological polar surface area (TPSA) is 58.9 Å². The number of hydrogen-bond donors (Lipinski definition) is 2. The minimum Gasteiger partial charge on any atom is -0.357 e. The van der Waals surface area contributed by atoms with E-state index < -0.39 is 0 Å². The molecule has 15 heavy (non-hydrogen) atoms. The predicted octanol–water partition coefficient (Wildman–Crippen LogP) is 1.83. The molecule has 0 spiro atoms. The maximum atomic E-state index is 11.5. The molecule has 0 aliphatic carbocycles. The number of para-hydroxylation sites is 1. The molecule has 0 amide bonds. The maximum Gasteiger partial charge on any atom is 0.189 e. The zero-order valence-corrected chi connectivity index (χ0v) is 9.53. The Morgan fingerprint density at radius 2 is 1.87 bits per heavy atom. The summed E-state index contributed by atoms with van der Waals surface area (Å²) in [7, 11) is 0. The van der Waals surface area contributed by atoms with Crippen LogP contribution in [-0.2, 0) is 6.54 Å². The third kappa shape index (κ3) is 2.72. The molecule has 0 radical (unpaired) electrons. The van der Waals surface area contributed by atoms with Crippen LogP contribution in [0.1, 0.15) is 5.69 Å². The zero-order valence-electron chi connectivity index (χ0n) is 7.90. The van der Waals surface area contributed by atoms with Crippen molar-refractivity contribution in [1.82, 2.24) is 4.98 Å². The molecule has 3 nitrogen and oxygen atoms in total. The van der Waals surface area contributed by atoms with E-state index >= 15 is 0 Å². The van der Waals surface area contributed by atoms with Gasteiger partial charge in [-0.2, -0.15) is 0 Å². The number of fused-ring (bicyclic) bond motifs is 1. The number of rotatable bonds is 1. The van der Waals surface area contributed by atoms with E-state index in [0.29, 0.717) is 11.9 Å². The number of pyridine rings is 1. The highest BCUT2D eigenvalue weighted by atomic mass is 35.5. The molecule has 1 heterocycles. The van der Waals surface area contributed by atoms with E-state index in [0.717, 1.165) is 11.2 Å². The van der Waals surface area contributed by atoms with E-state index in [1.165, 1.54) is 0 Å². The molecule has 82 valence electrons. The molecule has 0 unspecified atom stereocenters. The van der Waals surface area contributed by atoms with Crippen molar-refractivity contribution in [2.45, 2.75) is 6.54 Å². The summed E-state index contributed by atoms with van der Waals surface area (Å²) in [6, 6.07) is 8.95. The van der Waals surface area contributed by atoms with Crippen molar-refractivity contribution in [3.8, 4) is 0 Å². The Balaban J connectivity index is 0.000000980. The van der Waals surface area contributed by atoms with Gasteiger partial charge in [0.05, 0.1) is 0 Å². The summed E-state index contributed by atoms with van der Waals surface area (Å²) in [5, 5.41) is 0.708. The predicted molar refractivity (Wildman–Crippen MR) is 67.0 cm³/mol. The van der Waals surface area contributed by atoms with Gasteiger partial charge in [0.2, 0.25) is 0 Å². The largest absolute Gasteiger partial charge is 0.357 e. The fourth-order valence-corrected chi connectivity index (χ4v) is 1.36. The van der Waals surface area contributed by atoms with Gasteiger partial charge in [-0.25, -0.2) is 0 Å². The molecule has 0 fully saturated rings. The molecule has 0 saturated carbocycles. The number of benzene rings is 1. The van der Waals surface area contributed by atoms with Gasteiger partial charge in [-0.3, -0.25) is 4.79 Å². The summed E-state index contributed by atoms with van der Waals surface area (Å²) in [6.07, 6.45) is 0. The number of hydrogen-bond acceptors (Lipinski definition) is 2. The maximum absolute atomic E-state index is 11.5. The quantitative estimate of drug-likeness (QED) is 0.807. The second-order valence-electron chi connectivity index (χ2n) is 2.91. The van der Waals surface area contributed by atoms with Crippen LogP contribution in [0.4, 0.5) is 0 Å². The Morgan fingerprint density at radius 3 is 2.53 bits per heavy atom. The van der Waals surface area contributed by atoms with Crippen LogP contribution >= 0.6 is 24.8 Å². The van der Waals surface area contributed by atoms with Crippen molar-refractivity contribution in [2.24, 2.45) is 5.73 Å². The fraction of sp³-hybridized carbons (Fsp3) is 0.100. The zero-order chi connectivity index (χ0) is 9.26. The Labute approximate surface area is 99.5 Å². The molecule has 0 saturated heterocycles. The van der Waals surface area contributed by atoms with Crippen LogP contribution in [0.5, 0.6) is 0 Å². The van der Waals surface area contributed by atoms with Crippen molar-refractivity contribution in [1.29, 1.82) is 0 Å². The molecule has 5 heteroatoms. The number of nitrogens with one attached hydrogen (secondary N) is 1. The number of nitrogens with two attached hydrogens (primary N) is 1. The van der Waals surface area contributed by atoms with Crippen LogP contribution in [0.2, 0.25) is 0 Å². The summed E-state index contributed by atoms with van der Waals surface area (Å²) in [6.45, 7) is 0.361. The van der Waals surface area contributed by atoms with Crippen LogP contribution in [0.25, 0.3) is 10.9 Å². The molecule has 1 aromatic carbocycles. The number of aromatic nitrogens is 1. The Hall–Kier alpha value is -1.03. The highest BCUT2D eigenvalue weighted by Gasteiger charge is 1.98. The van der Waals surface area contributed by atoms with Crippen LogP contribution in [0, 0.1) is 0 Å². The van der Waals surface area contributed by atoms with Gasteiger partial charge in [0.15, 0.2) is 5.43 Å². The normalized spacial score (nSPS) is 9.13. The SMILES string of the molecule is Cl.Cl.NCc1cc(=O)c2ccccc2[nH]1. The van der Waals surface area contributed by atoms with Gasteiger partial charge in [0.25, 0.3) is 0 Å². The summed E-state index contributed by atoms with van der Waals surface area (Å²) in [5.41, 5.74) is 7.07. The molecule has 2 aromatic rings. The van der Waals surface area contributed by atoms with Gasteiger partial charge in [-0.05, 0) is 12.1 Å². The lowest BCUT2D eigenvalue weighted by atomic mass is 10.2. The molecular weight excluding hydrogens is 235 g/mol. The van der Waals surface area contributed by atoms with Gasteiger partial charge < -0.3 is 10.7 Å². The third-order valence-corrected chi connectivity index (χ3v) is 2.01. The van der Waals surface area contributed by atoms with E-state index in [1.807, 2.05) is 18.2 Å². The van der Waals surface area contributed by atoms with E-state index in [4.69, 9.17) is 5.73 Å². The van der Waals surface area contributed by atoms with Crippen molar-refractivity contribution in [2.75, 3.05) is 0 Å².